The van der Waals surface area contributed by atoms with Crippen LogP contribution in [0.5, 0.6) is 0 Å². The van der Waals surface area contributed by atoms with Gasteiger partial charge in [0, 0.05) is 18.3 Å². The standard InChI is InChI=1S/C15H24N2/c1-2-3-5-8-13-11-16-15(17-12-13)14-9-6-4-7-10-14/h11-12,14H,2-10H2,1H3. The van der Waals surface area contributed by atoms with Crippen molar-refractivity contribution in [2.45, 2.75) is 70.6 Å². The van der Waals surface area contributed by atoms with Crippen molar-refractivity contribution in [1.29, 1.82) is 0 Å². The lowest BCUT2D eigenvalue weighted by Crippen LogP contribution is -2.08. The Bertz CT molecular complexity index is 312. The molecule has 2 heteroatoms. The number of unbranched alkanes of at least 4 members (excludes halogenated alkanes) is 2. The van der Waals surface area contributed by atoms with Gasteiger partial charge in [0.15, 0.2) is 0 Å². The molecule has 1 aromatic heterocycles. The molecule has 0 radical (unpaired) electrons. The molecule has 1 aliphatic rings. The molecule has 94 valence electrons. The van der Waals surface area contributed by atoms with Crippen LogP contribution in [-0.4, -0.2) is 9.97 Å². The van der Waals surface area contributed by atoms with E-state index < -0.39 is 0 Å². The normalized spacial score (nSPS) is 17.2. The Hall–Kier alpha value is -0.920. The zero-order valence-corrected chi connectivity index (χ0v) is 11.0. The minimum atomic E-state index is 0.633. The Labute approximate surface area is 105 Å². The highest BCUT2D eigenvalue weighted by Gasteiger charge is 2.17. The Morgan fingerprint density at radius 3 is 2.41 bits per heavy atom. The second-order valence-electron chi connectivity index (χ2n) is 5.24. The molecule has 0 spiro atoms. The summed E-state index contributed by atoms with van der Waals surface area (Å²) in [6.45, 7) is 2.24. The summed E-state index contributed by atoms with van der Waals surface area (Å²) >= 11 is 0. The molecule has 1 fully saturated rings. The molecule has 0 aliphatic heterocycles. The van der Waals surface area contributed by atoms with Crippen molar-refractivity contribution in [2.75, 3.05) is 0 Å². The molecule has 1 aliphatic carbocycles. The zero-order chi connectivity index (χ0) is 11.9. The van der Waals surface area contributed by atoms with Gasteiger partial charge in [0.25, 0.3) is 0 Å². The lowest BCUT2D eigenvalue weighted by Gasteiger charge is -2.19. The van der Waals surface area contributed by atoms with E-state index in [-0.39, 0.29) is 0 Å². The van der Waals surface area contributed by atoms with Gasteiger partial charge in [0.1, 0.15) is 5.82 Å². The number of rotatable bonds is 5. The smallest absolute Gasteiger partial charge is 0.131 e. The largest absolute Gasteiger partial charge is 0.241 e. The molecule has 0 atom stereocenters. The van der Waals surface area contributed by atoms with Gasteiger partial charge in [-0.3, -0.25) is 0 Å². The number of hydrogen-bond acceptors (Lipinski definition) is 2. The predicted molar refractivity (Wildman–Crippen MR) is 71.1 cm³/mol. The zero-order valence-electron chi connectivity index (χ0n) is 11.0. The summed E-state index contributed by atoms with van der Waals surface area (Å²) in [4.78, 5) is 9.14. The summed E-state index contributed by atoms with van der Waals surface area (Å²) in [6, 6.07) is 0. The van der Waals surface area contributed by atoms with E-state index in [2.05, 4.69) is 16.9 Å². The van der Waals surface area contributed by atoms with Crippen LogP contribution in [-0.2, 0) is 6.42 Å². The first-order chi connectivity index (χ1) is 8.40. The van der Waals surface area contributed by atoms with Crippen LogP contribution in [0.3, 0.4) is 0 Å². The van der Waals surface area contributed by atoms with E-state index in [1.54, 1.807) is 0 Å². The molecule has 0 N–H and O–H groups in total. The van der Waals surface area contributed by atoms with Crippen LogP contribution in [0.1, 0.15) is 75.6 Å². The minimum Gasteiger partial charge on any atom is -0.241 e. The van der Waals surface area contributed by atoms with Crippen molar-refractivity contribution in [3.05, 3.63) is 23.8 Å². The topological polar surface area (TPSA) is 25.8 Å². The van der Waals surface area contributed by atoms with Gasteiger partial charge >= 0.3 is 0 Å². The molecule has 1 heterocycles. The van der Waals surface area contributed by atoms with Crippen molar-refractivity contribution < 1.29 is 0 Å². The van der Waals surface area contributed by atoms with E-state index in [0.717, 1.165) is 12.2 Å². The van der Waals surface area contributed by atoms with Gasteiger partial charge in [-0.15, -0.1) is 0 Å². The molecule has 2 rings (SSSR count). The fourth-order valence-electron chi connectivity index (χ4n) is 2.64. The molecule has 2 nitrogen and oxygen atoms in total. The molecule has 0 aromatic carbocycles. The van der Waals surface area contributed by atoms with Crippen molar-refractivity contribution >= 4 is 0 Å². The molecule has 1 saturated carbocycles. The molecular formula is C15H24N2. The summed E-state index contributed by atoms with van der Waals surface area (Å²) in [5.41, 5.74) is 1.30. The number of nitrogens with zero attached hydrogens (tertiary/aromatic N) is 2. The van der Waals surface area contributed by atoms with Gasteiger partial charge in [-0.25, -0.2) is 9.97 Å². The molecule has 17 heavy (non-hydrogen) atoms. The third-order valence-electron chi connectivity index (χ3n) is 3.76. The van der Waals surface area contributed by atoms with Gasteiger partial charge in [0.2, 0.25) is 0 Å². The van der Waals surface area contributed by atoms with E-state index in [4.69, 9.17) is 0 Å². The Morgan fingerprint density at radius 2 is 1.76 bits per heavy atom. The predicted octanol–water partition coefficient (Wildman–Crippen LogP) is 4.26. The van der Waals surface area contributed by atoms with Gasteiger partial charge in [-0.05, 0) is 31.2 Å². The van der Waals surface area contributed by atoms with Gasteiger partial charge in [-0.1, -0.05) is 39.0 Å². The Kier molecular flexibility index (Phi) is 4.96. The van der Waals surface area contributed by atoms with Crippen LogP contribution in [0.4, 0.5) is 0 Å². The van der Waals surface area contributed by atoms with Crippen LogP contribution < -0.4 is 0 Å². The summed E-state index contributed by atoms with van der Waals surface area (Å²) in [7, 11) is 0. The van der Waals surface area contributed by atoms with Crippen LogP contribution in [0, 0.1) is 0 Å². The van der Waals surface area contributed by atoms with E-state index in [0.29, 0.717) is 5.92 Å². The highest BCUT2D eigenvalue weighted by atomic mass is 14.9. The first-order valence-corrected chi connectivity index (χ1v) is 7.21. The average Bonchev–Trinajstić information content (AvgIpc) is 2.41. The van der Waals surface area contributed by atoms with Crippen LogP contribution in [0.15, 0.2) is 12.4 Å². The van der Waals surface area contributed by atoms with Gasteiger partial charge in [0.05, 0.1) is 0 Å². The summed E-state index contributed by atoms with van der Waals surface area (Å²) in [5, 5.41) is 0. The van der Waals surface area contributed by atoms with Crippen molar-refractivity contribution in [2.24, 2.45) is 0 Å². The first kappa shape index (κ1) is 12.5. The Balaban J connectivity index is 1.88. The maximum atomic E-state index is 4.57. The highest BCUT2D eigenvalue weighted by Crippen LogP contribution is 2.30. The maximum absolute atomic E-state index is 4.57. The summed E-state index contributed by atoms with van der Waals surface area (Å²) in [6.07, 6.45) is 15.8. The Morgan fingerprint density at radius 1 is 1.06 bits per heavy atom. The molecule has 0 unspecified atom stereocenters. The molecule has 0 amide bonds. The SMILES string of the molecule is CCCCCc1cnc(C2CCCCC2)nc1. The quantitative estimate of drug-likeness (QED) is 0.709. The molecule has 0 bridgehead atoms. The van der Waals surface area contributed by atoms with Crippen molar-refractivity contribution in [1.82, 2.24) is 9.97 Å². The second kappa shape index (κ2) is 6.73. The fraction of sp³-hybridized carbons (Fsp3) is 0.733. The third kappa shape index (κ3) is 3.79. The first-order valence-electron chi connectivity index (χ1n) is 7.21. The summed E-state index contributed by atoms with van der Waals surface area (Å²) < 4.78 is 0. The number of aromatic nitrogens is 2. The minimum absolute atomic E-state index is 0.633. The van der Waals surface area contributed by atoms with E-state index >= 15 is 0 Å². The van der Waals surface area contributed by atoms with Gasteiger partial charge in [-0.2, -0.15) is 0 Å². The lowest BCUT2D eigenvalue weighted by atomic mass is 9.89. The second-order valence-corrected chi connectivity index (χ2v) is 5.24. The number of hydrogen-bond donors (Lipinski definition) is 0. The fourth-order valence-corrected chi connectivity index (χ4v) is 2.64. The third-order valence-corrected chi connectivity index (χ3v) is 3.76. The highest BCUT2D eigenvalue weighted by molar-refractivity contribution is 5.08. The number of aryl methyl sites for hydroxylation is 1. The molecule has 0 saturated heterocycles. The van der Waals surface area contributed by atoms with Crippen LogP contribution in [0.2, 0.25) is 0 Å². The average molecular weight is 232 g/mol. The van der Waals surface area contributed by atoms with Crippen LogP contribution >= 0.6 is 0 Å². The molecule has 1 aromatic rings. The monoisotopic (exact) mass is 232 g/mol. The van der Waals surface area contributed by atoms with Crippen molar-refractivity contribution in [3.63, 3.8) is 0 Å². The van der Waals surface area contributed by atoms with E-state index in [1.165, 1.54) is 56.9 Å². The lowest BCUT2D eigenvalue weighted by molar-refractivity contribution is 0.428. The van der Waals surface area contributed by atoms with Crippen molar-refractivity contribution in [3.8, 4) is 0 Å². The maximum Gasteiger partial charge on any atom is 0.131 e. The van der Waals surface area contributed by atoms with Gasteiger partial charge < -0.3 is 0 Å². The van der Waals surface area contributed by atoms with E-state index in [1.807, 2.05) is 12.4 Å². The molecular weight excluding hydrogens is 208 g/mol. The van der Waals surface area contributed by atoms with E-state index in [9.17, 15) is 0 Å². The summed E-state index contributed by atoms with van der Waals surface area (Å²) in [5.74, 6) is 1.72. The van der Waals surface area contributed by atoms with Crippen LogP contribution in [0.25, 0.3) is 0 Å².